The van der Waals surface area contributed by atoms with Crippen LogP contribution in [0.1, 0.15) is 33.1 Å². The Morgan fingerprint density at radius 3 is 2.67 bits per heavy atom. The average Bonchev–Trinajstić information content (AvgIpc) is 2.32. The average molecular weight is 268 g/mol. The van der Waals surface area contributed by atoms with E-state index < -0.39 is 5.41 Å². The summed E-state index contributed by atoms with van der Waals surface area (Å²) in [5.41, 5.74) is -1.06. The van der Waals surface area contributed by atoms with Gasteiger partial charge in [-0.15, -0.1) is 6.58 Å². The smallest absolute Gasteiger partial charge is 0.244 e. The fourth-order valence-electron chi connectivity index (χ4n) is 2.50. The molecule has 0 saturated carbocycles. The minimum Gasteiger partial charge on any atom is -0.302 e. The molecule has 0 aliphatic carbocycles. The summed E-state index contributed by atoms with van der Waals surface area (Å²) in [6, 6.07) is 0. The lowest BCUT2D eigenvalue weighted by molar-refractivity contribution is -0.153. The van der Waals surface area contributed by atoms with E-state index in [1.54, 1.807) is 13.1 Å². The van der Waals surface area contributed by atoms with E-state index in [4.69, 9.17) is 12.2 Å². The summed E-state index contributed by atoms with van der Waals surface area (Å²) < 4.78 is 0. The third kappa shape index (κ3) is 2.19. The minimum atomic E-state index is -1.06. The summed E-state index contributed by atoms with van der Waals surface area (Å²) in [7, 11) is 1.60. The number of rotatable bonds is 5. The summed E-state index contributed by atoms with van der Waals surface area (Å²) in [6.45, 7) is 7.65. The molecular weight excluding hydrogens is 248 g/mol. The van der Waals surface area contributed by atoms with Gasteiger partial charge in [0.15, 0.2) is 5.11 Å². The van der Waals surface area contributed by atoms with Gasteiger partial charge in [-0.05, 0) is 31.0 Å². The summed E-state index contributed by atoms with van der Waals surface area (Å²) in [4.78, 5) is 26.2. The molecule has 1 N–H and O–H groups in total. The van der Waals surface area contributed by atoms with Gasteiger partial charge in [0, 0.05) is 7.05 Å². The highest BCUT2D eigenvalue weighted by Gasteiger charge is 2.53. The Morgan fingerprint density at radius 1 is 1.56 bits per heavy atom. The van der Waals surface area contributed by atoms with E-state index in [0.29, 0.717) is 6.42 Å². The molecule has 1 aliphatic rings. The molecule has 2 atom stereocenters. The number of thiocarbonyl (C=S) groups is 1. The molecule has 0 radical (unpaired) electrons. The zero-order chi connectivity index (χ0) is 13.9. The number of carbonyl (C=O) groups excluding carboxylic acids is 2. The van der Waals surface area contributed by atoms with Crippen LogP contribution in [0.2, 0.25) is 0 Å². The first-order chi connectivity index (χ1) is 8.41. The molecule has 5 heteroatoms. The number of hydrogen-bond donors (Lipinski definition) is 1. The van der Waals surface area contributed by atoms with E-state index in [0.717, 1.165) is 12.8 Å². The first-order valence-electron chi connectivity index (χ1n) is 6.16. The molecule has 1 fully saturated rings. The lowest BCUT2D eigenvalue weighted by Crippen LogP contribution is -2.64. The number of nitrogens with zero attached hydrogens (tertiary/aromatic N) is 1. The van der Waals surface area contributed by atoms with Gasteiger partial charge in [0.1, 0.15) is 5.41 Å². The quantitative estimate of drug-likeness (QED) is 0.470. The van der Waals surface area contributed by atoms with Crippen LogP contribution >= 0.6 is 12.2 Å². The molecule has 0 aromatic rings. The van der Waals surface area contributed by atoms with E-state index in [1.807, 2.05) is 13.8 Å². The van der Waals surface area contributed by atoms with Crippen LogP contribution in [-0.4, -0.2) is 28.9 Å². The van der Waals surface area contributed by atoms with Gasteiger partial charge in [-0.1, -0.05) is 26.3 Å². The molecule has 1 rings (SSSR count). The van der Waals surface area contributed by atoms with E-state index in [1.165, 1.54) is 4.90 Å². The van der Waals surface area contributed by atoms with Crippen molar-refractivity contribution in [1.82, 2.24) is 10.2 Å². The zero-order valence-corrected chi connectivity index (χ0v) is 12.0. The topological polar surface area (TPSA) is 49.4 Å². The molecule has 0 aromatic heterocycles. The Kier molecular flexibility index (Phi) is 4.62. The van der Waals surface area contributed by atoms with Crippen molar-refractivity contribution in [3.8, 4) is 0 Å². The first kappa shape index (κ1) is 14.8. The van der Waals surface area contributed by atoms with E-state index in [-0.39, 0.29) is 22.8 Å². The van der Waals surface area contributed by atoms with Crippen LogP contribution in [0.15, 0.2) is 12.7 Å². The highest BCUT2D eigenvalue weighted by Crippen LogP contribution is 2.39. The highest BCUT2D eigenvalue weighted by molar-refractivity contribution is 7.80. The Hall–Kier alpha value is -1.23. The Bertz CT molecular complexity index is 394. The second-order valence-corrected chi connectivity index (χ2v) is 5.16. The van der Waals surface area contributed by atoms with Gasteiger partial charge in [0.2, 0.25) is 11.8 Å². The van der Waals surface area contributed by atoms with Crippen LogP contribution in [0.4, 0.5) is 0 Å². The first-order valence-corrected chi connectivity index (χ1v) is 6.57. The fourth-order valence-corrected chi connectivity index (χ4v) is 2.68. The SMILES string of the molecule is C=CCC1(C(C)CCC)C(=O)NC(=S)N(C)C1=O. The maximum absolute atomic E-state index is 12.5. The van der Waals surface area contributed by atoms with Crippen molar-refractivity contribution in [2.24, 2.45) is 11.3 Å². The van der Waals surface area contributed by atoms with Crippen molar-refractivity contribution < 1.29 is 9.59 Å². The van der Waals surface area contributed by atoms with Gasteiger partial charge in [-0.25, -0.2) is 0 Å². The normalized spacial score (nSPS) is 25.9. The molecule has 18 heavy (non-hydrogen) atoms. The molecule has 2 unspecified atom stereocenters. The molecule has 0 bridgehead atoms. The summed E-state index contributed by atoms with van der Waals surface area (Å²) in [5, 5.41) is 2.80. The minimum absolute atomic E-state index is 0.0430. The number of allylic oxidation sites excluding steroid dienone is 1. The van der Waals surface area contributed by atoms with Crippen LogP contribution in [0.3, 0.4) is 0 Å². The van der Waals surface area contributed by atoms with Gasteiger partial charge in [0.25, 0.3) is 0 Å². The van der Waals surface area contributed by atoms with E-state index >= 15 is 0 Å². The number of nitrogens with one attached hydrogen (secondary N) is 1. The maximum Gasteiger partial charge on any atom is 0.244 e. The molecule has 1 saturated heterocycles. The van der Waals surface area contributed by atoms with Crippen LogP contribution in [0.5, 0.6) is 0 Å². The lowest BCUT2D eigenvalue weighted by atomic mass is 9.69. The molecule has 4 nitrogen and oxygen atoms in total. The second-order valence-electron chi connectivity index (χ2n) is 4.78. The van der Waals surface area contributed by atoms with Crippen molar-refractivity contribution in [3.63, 3.8) is 0 Å². The number of carbonyl (C=O) groups is 2. The Balaban J connectivity index is 3.22. The maximum atomic E-state index is 12.5. The van der Waals surface area contributed by atoms with Crippen molar-refractivity contribution >= 4 is 29.1 Å². The summed E-state index contributed by atoms with van der Waals surface area (Å²) >= 11 is 4.97. The van der Waals surface area contributed by atoms with Gasteiger partial charge < -0.3 is 5.32 Å². The second kappa shape index (κ2) is 5.61. The fraction of sp³-hybridized carbons (Fsp3) is 0.615. The van der Waals surface area contributed by atoms with Gasteiger partial charge in [-0.2, -0.15) is 0 Å². The highest BCUT2D eigenvalue weighted by atomic mass is 32.1. The third-order valence-electron chi connectivity index (χ3n) is 3.65. The molecule has 1 heterocycles. The van der Waals surface area contributed by atoms with Gasteiger partial charge in [0.05, 0.1) is 0 Å². The number of hydrogen-bond acceptors (Lipinski definition) is 3. The van der Waals surface area contributed by atoms with E-state index in [2.05, 4.69) is 11.9 Å². The predicted octanol–water partition coefficient (Wildman–Crippen LogP) is 1.86. The van der Waals surface area contributed by atoms with E-state index in [9.17, 15) is 9.59 Å². The van der Waals surface area contributed by atoms with Gasteiger partial charge in [-0.3, -0.25) is 14.5 Å². The standard InChI is InChI=1S/C13H20N2O2S/c1-5-7-9(3)13(8-6-2)10(16)14-12(18)15(4)11(13)17/h6,9H,2,5,7-8H2,1,3-4H3,(H,14,16,18). The van der Waals surface area contributed by atoms with Crippen LogP contribution < -0.4 is 5.32 Å². The number of amides is 2. The third-order valence-corrected chi connectivity index (χ3v) is 4.02. The van der Waals surface area contributed by atoms with Crippen LogP contribution in [-0.2, 0) is 9.59 Å². The molecule has 100 valence electrons. The monoisotopic (exact) mass is 268 g/mol. The zero-order valence-electron chi connectivity index (χ0n) is 11.2. The Labute approximate surface area is 113 Å². The molecule has 1 aliphatic heterocycles. The summed E-state index contributed by atoms with van der Waals surface area (Å²) in [6.07, 6.45) is 3.71. The van der Waals surface area contributed by atoms with Crippen molar-refractivity contribution in [2.45, 2.75) is 33.1 Å². The Morgan fingerprint density at radius 2 is 2.17 bits per heavy atom. The molecule has 0 spiro atoms. The largest absolute Gasteiger partial charge is 0.302 e. The molecule has 0 aromatic carbocycles. The van der Waals surface area contributed by atoms with Crippen molar-refractivity contribution in [2.75, 3.05) is 7.05 Å². The van der Waals surface area contributed by atoms with Crippen LogP contribution in [0.25, 0.3) is 0 Å². The molecular formula is C13H20N2O2S. The van der Waals surface area contributed by atoms with Crippen molar-refractivity contribution in [1.29, 1.82) is 0 Å². The molecule has 2 amide bonds. The summed E-state index contributed by atoms with van der Waals surface area (Å²) in [5.74, 6) is -0.563. The van der Waals surface area contributed by atoms with Gasteiger partial charge >= 0.3 is 0 Å². The van der Waals surface area contributed by atoms with Crippen LogP contribution in [0, 0.1) is 11.3 Å². The predicted molar refractivity (Wildman–Crippen MR) is 74.8 cm³/mol. The van der Waals surface area contributed by atoms with Crippen molar-refractivity contribution in [3.05, 3.63) is 12.7 Å². The lowest BCUT2D eigenvalue weighted by Gasteiger charge is -2.42.